The van der Waals surface area contributed by atoms with Gasteiger partial charge in [-0.25, -0.2) is 0 Å². The van der Waals surface area contributed by atoms with Crippen molar-refractivity contribution in [2.75, 3.05) is 0 Å². The predicted octanol–water partition coefficient (Wildman–Crippen LogP) is 4.75. The fraction of sp³-hybridized carbons (Fsp3) is 0.550. The Morgan fingerprint density at radius 1 is 1.21 bits per heavy atom. The number of rotatable bonds is 5. The Labute approximate surface area is 154 Å². The van der Waals surface area contributed by atoms with Crippen molar-refractivity contribution in [3.63, 3.8) is 0 Å². The molecule has 1 saturated carbocycles. The van der Waals surface area contributed by atoms with Gasteiger partial charge >= 0.3 is 0 Å². The number of aliphatic carboxylic acids is 1. The minimum atomic E-state index is -1.05. The van der Waals surface area contributed by atoms with Crippen LogP contribution in [0, 0.1) is 21.7 Å². The van der Waals surface area contributed by atoms with Crippen molar-refractivity contribution in [2.45, 2.75) is 47.5 Å². The first-order valence-electron chi connectivity index (χ1n) is 8.29. The summed E-state index contributed by atoms with van der Waals surface area (Å²) in [6.07, 6.45) is 2.81. The Morgan fingerprint density at radius 2 is 1.75 bits per heavy atom. The van der Waals surface area contributed by atoms with E-state index in [0.717, 1.165) is 5.56 Å². The van der Waals surface area contributed by atoms with Crippen molar-refractivity contribution < 1.29 is 9.90 Å². The zero-order valence-corrected chi connectivity index (χ0v) is 16.5. The third-order valence-corrected chi connectivity index (χ3v) is 6.53. The number of halogens is 2. The molecule has 0 amide bonds. The Morgan fingerprint density at radius 3 is 2.12 bits per heavy atom. The van der Waals surface area contributed by atoms with Gasteiger partial charge in [-0.05, 0) is 35.3 Å². The standard InChI is InChI=1S/C20H26Cl2O2/c1-6-20(17(2,3)4)18(5,13-15(21)22)19(20,16(23)24)12-14-10-8-7-9-11-14/h7-11,13H,6,12H2,1-5H3,(H,23,24)/p-1/t18-,19-,20?/m1/s1. The van der Waals surface area contributed by atoms with E-state index in [0.29, 0.717) is 12.8 Å². The van der Waals surface area contributed by atoms with Crippen molar-refractivity contribution in [3.8, 4) is 0 Å². The van der Waals surface area contributed by atoms with Gasteiger partial charge in [0.1, 0.15) is 4.49 Å². The molecule has 0 radical (unpaired) electrons. The summed E-state index contributed by atoms with van der Waals surface area (Å²) in [6, 6.07) is 9.69. The lowest BCUT2D eigenvalue weighted by molar-refractivity contribution is -0.317. The molecule has 132 valence electrons. The highest BCUT2D eigenvalue weighted by Crippen LogP contribution is 2.86. The van der Waals surface area contributed by atoms with Crippen molar-refractivity contribution in [3.05, 3.63) is 46.5 Å². The molecule has 0 N–H and O–H groups in total. The highest BCUT2D eigenvalue weighted by atomic mass is 35.5. The van der Waals surface area contributed by atoms with Crippen LogP contribution in [-0.4, -0.2) is 5.97 Å². The quantitative estimate of drug-likeness (QED) is 0.753. The van der Waals surface area contributed by atoms with Crippen LogP contribution in [0.25, 0.3) is 0 Å². The first-order valence-corrected chi connectivity index (χ1v) is 9.05. The van der Waals surface area contributed by atoms with Crippen molar-refractivity contribution in [2.24, 2.45) is 21.7 Å². The van der Waals surface area contributed by atoms with E-state index in [1.807, 2.05) is 44.2 Å². The molecule has 0 heterocycles. The molecular formula is C20H25Cl2O2-. The number of benzene rings is 1. The smallest absolute Gasteiger partial charge is 0.103 e. The topological polar surface area (TPSA) is 40.1 Å². The van der Waals surface area contributed by atoms with E-state index in [1.54, 1.807) is 6.08 Å². The van der Waals surface area contributed by atoms with Crippen LogP contribution in [0.15, 0.2) is 40.9 Å². The number of carboxylic acids is 1. The van der Waals surface area contributed by atoms with E-state index in [2.05, 4.69) is 20.8 Å². The summed E-state index contributed by atoms with van der Waals surface area (Å²) in [5.74, 6) is -1.03. The lowest BCUT2D eigenvalue weighted by atomic mass is 9.68. The van der Waals surface area contributed by atoms with E-state index in [9.17, 15) is 9.90 Å². The molecule has 2 nitrogen and oxygen atoms in total. The molecule has 0 aromatic heterocycles. The average molecular weight is 368 g/mol. The van der Waals surface area contributed by atoms with E-state index in [-0.39, 0.29) is 9.91 Å². The monoisotopic (exact) mass is 367 g/mol. The van der Waals surface area contributed by atoms with Gasteiger partial charge in [-0.15, -0.1) is 0 Å². The van der Waals surface area contributed by atoms with Gasteiger partial charge in [-0.1, -0.05) is 88.2 Å². The molecule has 1 aliphatic rings. The highest BCUT2D eigenvalue weighted by Gasteiger charge is 2.85. The summed E-state index contributed by atoms with van der Waals surface area (Å²) >= 11 is 12.0. The van der Waals surface area contributed by atoms with Crippen LogP contribution >= 0.6 is 23.2 Å². The number of carbonyl (C=O) groups excluding carboxylic acids is 1. The maximum atomic E-state index is 12.5. The molecule has 1 fully saturated rings. The van der Waals surface area contributed by atoms with Crippen LogP contribution in [0.2, 0.25) is 0 Å². The van der Waals surface area contributed by atoms with Crippen molar-refractivity contribution in [1.29, 1.82) is 0 Å². The number of allylic oxidation sites excluding steroid dienone is 1. The largest absolute Gasteiger partial charge is 0.549 e. The normalized spacial score (nSPS) is 32.3. The Balaban J connectivity index is 2.71. The fourth-order valence-electron chi connectivity index (χ4n) is 5.69. The average Bonchev–Trinajstić information content (AvgIpc) is 2.92. The SMILES string of the molecule is CCC1(C(C)(C)C)[C@](C)(C=C(Cl)Cl)[C@@]1(Cc1ccccc1)C(=O)[O-]. The first kappa shape index (κ1) is 19.3. The third kappa shape index (κ3) is 2.34. The maximum absolute atomic E-state index is 12.5. The second-order valence-electron chi connectivity index (χ2n) is 8.00. The van der Waals surface area contributed by atoms with Gasteiger partial charge in [0.15, 0.2) is 0 Å². The van der Waals surface area contributed by atoms with Crippen LogP contribution in [0.3, 0.4) is 0 Å². The van der Waals surface area contributed by atoms with Gasteiger partial charge in [0, 0.05) is 16.8 Å². The molecule has 4 heteroatoms. The molecular weight excluding hydrogens is 343 g/mol. The lowest BCUT2D eigenvalue weighted by Gasteiger charge is -2.37. The van der Waals surface area contributed by atoms with Crippen molar-refractivity contribution >= 4 is 29.2 Å². The molecule has 0 saturated heterocycles. The van der Waals surface area contributed by atoms with Crippen LogP contribution in [0.4, 0.5) is 0 Å². The van der Waals surface area contributed by atoms with E-state index < -0.39 is 22.2 Å². The lowest BCUT2D eigenvalue weighted by Crippen LogP contribution is -2.42. The van der Waals surface area contributed by atoms with Gasteiger partial charge in [0.05, 0.1) is 0 Å². The summed E-state index contributed by atoms with van der Waals surface area (Å²) in [4.78, 5) is 12.5. The number of carboxylic acid groups (broad SMARTS) is 1. The Hall–Kier alpha value is -0.990. The summed E-state index contributed by atoms with van der Waals surface area (Å²) in [5.41, 5.74) is -1.52. The number of hydrogen-bond donors (Lipinski definition) is 0. The molecule has 1 unspecified atom stereocenters. The van der Waals surface area contributed by atoms with Gasteiger partial charge in [-0.3, -0.25) is 0 Å². The summed E-state index contributed by atoms with van der Waals surface area (Å²) in [7, 11) is 0. The number of hydrogen-bond acceptors (Lipinski definition) is 2. The second kappa shape index (κ2) is 6.07. The zero-order chi connectivity index (χ0) is 18.4. The Kier molecular flexibility index (Phi) is 4.89. The van der Waals surface area contributed by atoms with Crippen LogP contribution in [0.1, 0.15) is 46.6 Å². The Bertz CT molecular complexity index is 658. The molecule has 3 atom stereocenters. The molecule has 24 heavy (non-hydrogen) atoms. The zero-order valence-electron chi connectivity index (χ0n) is 15.0. The summed E-state index contributed by atoms with van der Waals surface area (Å²) in [5, 5.41) is 12.5. The molecule has 0 aliphatic heterocycles. The third-order valence-electron chi connectivity index (χ3n) is 6.31. The fourth-order valence-corrected chi connectivity index (χ4v) is 6.12. The second-order valence-corrected chi connectivity index (χ2v) is 9.01. The number of carbonyl (C=O) groups is 1. The van der Waals surface area contributed by atoms with Crippen LogP contribution in [0.5, 0.6) is 0 Å². The summed E-state index contributed by atoms with van der Waals surface area (Å²) < 4.78 is 0.107. The summed E-state index contributed by atoms with van der Waals surface area (Å²) in [6.45, 7) is 10.2. The molecule has 0 bridgehead atoms. The van der Waals surface area contributed by atoms with Crippen LogP contribution in [-0.2, 0) is 11.2 Å². The first-order chi connectivity index (χ1) is 11.0. The maximum Gasteiger partial charge on any atom is 0.103 e. The molecule has 1 aromatic carbocycles. The van der Waals surface area contributed by atoms with Gasteiger partial charge in [-0.2, -0.15) is 0 Å². The van der Waals surface area contributed by atoms with E-state index >= 15 is 0 Å². The van der Waals surface area contributed by atoms with Crippen molar-refractivity contribution in [1.82, 2.24) is 0 Å². The highest BCUT2D eigenvalue weighted by molar-refractivity contribution is 6.55. The van der Waals surface area contributed by atoms with E-state index in [1.165, 1.54) is 0 Å². The molecule has 1 aliphatic carbocycles. The minimum absolute atomic E-state index is 0.107. The van der Waals surface area contributed by atoms with E-state index in [4.69, 9.17) is 23.2 Å². The van der Waals surface area contributed by atoms with Gasteiger partial charge in [0.2, 0.25) is 0 Å². The van der Waals surface area contributed by atoms with Crippen LogP contribution < -0.4 is 5.11 Å². The molecule has 0 spiro atoms. The van der Waals surface area contributed by atoms with Gasteiger partial charge in [0.25, 0.3) is 0 Å². The predicted molar refractivity (Wildman–Crippen MR) is 97.7 cm³/mol. The molecule has 1 aromatic rings. The minimum Gasteiger partial charge on any atom is -0.549 e. The van der Waals surface area contributed by atoms with Gasteiger partial charge < -0.3 is 9.90 Å². The molecule has 2 rings (SSSR count).